The monoisotopic (exact) mass is 496 g/mol. The lowest BCUT2D eigenvalue weighted by atomic mass is 9.85. The summed E-state index contributed by atoms with van der Waals surface area (Å²) in [4.78, 5) is 22.8. The Bertz CT molecular complexity index is 762. The van der Waals surface area contributed by atoms with Crippen LogP contribution < -0.4 is 0 Å². The van der Waals surface area contributed by atoms with Crippen LogP contribution in [-0.4, -0.2) is 29.8 Å². The quantitative estimate of drug-likeness (QED) is 0.123. The number of alkyl halides is 2. The minimum Gasteiger partial charge on any atom is -0.469 e. The molecule has 5 atom stereocenters. The van der Waals surface area contributed by atoms with E-state index < -0.39 is 0 Å². The summed E-state index contributed by atoms with van der Waals surface area (Å²) in [5.41, 5.74) is 2.21. The number of methoxy groups -OCH3 is 1. The van der Waals surface area contributed by atoms with E-state index in [1.54, 1.807) is 0 Å². The lowest BCUT2D eigenvalue weighted by molar-refractivity contribution is -0.147. The summed E-state index contributed by atoms with van der Waals surface area (Å²) >= 11 is 13.4. The fraction of sp³-hybridized carbons (Fsp3) is 0.630. The molecule has 184 valence electrons. The number of hydrogen-bond donors (Lipinski definition) is 0. The van der Waals surface area contributed by atoms with Crippen LogP contribution in [0.25, 0.3) is 0 Å². The number of esters is 2. The molecule has 0 aliphatic heterocycles. The highest BCUT2D eigenvalue weighted by atomic mass is 35.5. The van der Waals surface area contributed by atoms with Crippen molar-refractivity contribution in [2.24, 2.45) is 5.92 Å². The van der Waals surface area contributed by atoms with Crippen molar-refractivity contribution in [1.82, 2.24) is 0 Å². The van der Waals surface area contributed by atoms with Crippen molar-refractivity contribution >= 4 is 35.1 Å². The van der Waals surface area contributed by atoms with Gasteiger partial charge in [0.05, 0.1) is 7.11 Å². The van der Waals surface area contributed by atoms with Gasteiger partial charge < -0.3 is 9.47 Å². The van der Waals surface area contributed by atoms with Crippen LogP contribution in [-0.2, 0) is 19.1 Å². The van der Waals surface area contributed by atoms with Gasteiger partial charge >= 0.3 is 11.9 Å². The summed E-state index contributed by atoms with van der Waals surface area (Å²) in [5, 5.41) is 0.0182. The third kappa shape index (κ3) is 8.98. The molecule has 1 aliphatic carbocycles. The average molecular weight is 498 g/mol. The van der Waals surface area contributed by atoms with Gasteiger partial charge in [-0.3, -0.25) is 9.59 Å². The largest absolute Gasteiger partial charge is 0.469 e. The number of allylic oxidation sites excluding steroid dienone is 2. The summed E-state index contributed by atoms with van der Waals surface area (Å²) in [5.74, 6) is 0.0105. The highest BCUT2D eigenvalue weighted by Crippen LogP contribution is 2.47. The number of unbranched alkanes of at least 4 members (excludes halogenated alkanes) is 3. The number of ether oxygens (including phenoxy) is 2. The van der Waals surface area contributed by atoms with Crippen molar-refractivity contribution in [2.45, 2.75) is 94.4 Å². The van der Waals surface area contributed by atoms with Crippen molar-refractivity contribution in [3.63, 3.8) is 0 Å². The molecule has 0 radical (unpaired) electrons. The maximum absolute atomic E-state index is 11.6. The molecule has 4 nitrogen and oxygen atoms in total. The summed E-state index contributed by atoms with van der Waals surface area (Å²) in [6, 6.07) is 8.38. The van der Waals surface area contributed by atoms with Crippen LogP contribution in [0.15, 0.2) is 36.4 Å². The standard InChI is InChI=1S/C27H38Cl2O4/c1-4-5-8-12-25(33-19(2)30)20-14-16-21(17-15-20)27-22(23(28)18-24(27)29)11-9-6-7-10-13-26(31)32-3/h6,9,14-17,22-25,27H,4-5,7-8,10-13,18H2,1-3H3/t22-,23+,24-,25?,27+/m0/s1. The molecular weight excluding hydrogens is 459 g/mol. The van der Waals surface area contributed by atoms with Gasteiger partial charge in [0, 0.05) is 30.0 Å². The van der Waals surface area contributed by atoms with E-state index >= 15 is 0 Å². The Labute approximate surface area is 209 Å². The van der Waals surface area contributed by atoms with E-state index in [-0.39, 0.29) is 40.6 Å². The second-order valence-electron chi connectivity index (χ2n) is 8.89. The number of hydrogen-bond acceptors (Lipinski definition) is 4. The minimum absolute atomic E-state index is 0.00936. The van der Waals surface area contributed by atoms with Gasteiger partial charge in [0.15, 0.2) is 0 Å². The number of benzene rings is 1. The SMILES string of the molecule is CCCCCC(OC(C)=O)c1ccc([C@@H]2[C@@H](CC=CCCCC(=O)OC)[C@H](Cl)C[C@@H]2Cl)cc1. The second-order valence-corrected chi connectivity index (χ2v) is 10.0. The zero-order valence-electron chi connectivity index (χ0n) is 20.1. The van der Waals surface area contributed by atoms with Gasteiger partial charge in [-0.1, -0.05) is 56.2 Å². The predicted octanol–water partition coefficient (Wildman–Crippen LogP) is 7.48. The number of rotatable bonds is 13. The van der Waals surface area contributed by atoms with E-state index in [0.29, 0.717) is 6.42 Å². The summed E-state index contributed by atoms with van der Waals surface area (Å²) < 4.78 is 10.3. The molecule has 0 spiro atoms. The molecule has 6 heteroatoms. The van der Waals surface area contributed by atoms with Gasteiger partial charge in [0.2, 0.25) is 0 Å². The van der Waals surface area contributed by atoms with E-state index in [1.807, 2.05) is 0 Å². The maximum atomic E-state index is 11.6. The molecule has 0 saturated heterocycles. The predicted molar refractivity (Wildman–Crippen MR) is 135 cm³/mol. The van der Waals surface area contributed by atoms with Crippen LogP contribution in [0.4, 0.5) is 0 Å². The van der Waals surface area contributed by atoms with Crippen molar-refractivity contribution < 1.29 is 19.1 Å². The summed E-state index contributed by atoms with van der Waals surface area (Å²) in [6.45, 7) is 3.63. The van der Waals surface area contributed by atoms with Gasteiger partial charge in [0.1, 0.15) is 6.10 Å². The Morgan fingerprint density at radius 1 is 1.09 bits per heavy atom. The normalized spacial score (nSPS) is 23.5. The molecule has 1 aromatic rings. The molecule has 2 rings (SSSR count). The molecule has 1 aromatic carbocycles. The van der Waals surface area contributed by atoms with Gasteiger partial charge in [-0.2, -0.15) is 0 Å². The highest BCUT2D eigenvalue weighted by Gasteiger charge is 2.41. The Morgan fingerprint density at radius 3 is 2.45 bits per heavy atom. The zero-order chi connectivity index (χ0) is 24.2. The first kappa shape index (κ1) is 27.7. The summed E-state index contributed by atoms with van der Waals surface area (Å²) in [6.07, 6.45) is 11.9. The third-order valence-electron chi connectivity index (χ3n) is 6.39. The van der Waals surface area contributed by atoms with Gasteiger partial charge in [-0.15, -0.1) is 23.2 Å². The minimum atomic E-state index is -0.249. The molecule has 0 heterocycles. The van der Waals surface area contributed by atoms with Crippen molar-refractivity contribution in [2.75, 3.05) is 7.11 Å². The molecule has 0 bridgehead atoms. The van der Waals surface area contributed by atoms with Crippen molar-refractivity contribution in [1.29, 1.82) is 0 Å². The fourth-order valence-corrected chi connectivity index (χ4v) is 5.69. The Hall–Kier alpha value is -1.52. The fourth-order valence-electron chi connectivity index (χ4n) is 4.62. The average Bonchev–Trinajstić information content (AvgIpc) is 3.07. The van der Waals surface area contributed by atoms with E-state index in [1.165, 1.54) is 19.6 Å². The number of carbonyl (C=O) groups is 2. The van der Waals surface area contributed by atoms with Crippen LogP contribution in [0.1, 0.15) is 94.8 Å². The number of halogens is 2. The van der Waals surface area contributed by atoms with Crippen LogP contribution in [0.3, 0.4) is 0 Å². The maximum Gasteiger partial charge on any atom is 0.305 e. The molecule has 1 aliphatic rings. The Balaban J connectivity index is 2.03. The van der Waals surface area contributed by atoms with Crippen LogP contribution in [0.5, 0.6) is 0 Å². The van der Waals surface area contributed by atoms with E-state index in [0.717, 1.165) is 56.9 Å². The molecule has 1 saturated carbocycles. The molecular formula is C27H38Cl2O4. The Kier molecular flexibility index (Phi) is 12.3. The number of carbonyl (C=O) groups excluding carboxylic acids is 2. The lowest BCUT2D eigenvalue weighted by Crippen LogP contribution is -2.16. The van der Waals surface area contributed by atoms with Crippen molar-refractivity contribution in [3.05, 3.63) is 47.5 Å². The van der Waals surface area contributed by atoms with Crippen LogP contribution in [0.2, 0.25) is 0 Å². The first-order valence-electron chi connectivity index (χ1n) is 12.1. The molecule has 33 heavy (non-hydrogen) atoms. The smallest absolute Gasteiger partial charge is 0.305 e. The molecule has 0 aromatic heterocycles. The first-order valence-corrected chi connectivity index (χ1v) is 13.0. The van der Waals surface area contributed by atoms with Crippen molar-refractivity contribution in [3.8, 4) is 0 Å². The van der Waals surface area contributed by atoms with Crippen LogP contribution >= 0.6 is 23.2 Å². The molecule has 0 N–H and O–H groups in total. The zero-order valence-corrected chi connectivity index (χ0v) is 21.6. The Morgan fingerprint density at radius 2 is 1.82 bits per heavy atom. The lowest BCUT2D eigenvalue weighted by Gasteiger charge is -2.24. The summed E-state index contributed by atoms with van der Waals surface area (Å²) in [7, 11) is 1.41. The van der Waals surface area contributed by atoms with Gasteiger partial charge in [-0.05, 0) is 55.6 Å². The molecule has 1 fully saturated rings. The first-order chi connectivity index (χ1) is 15.9. The third-order valence-corrected chi connectivity index (χ3v) is 7.34. The molecule has 0 amide bonds. The van der Waals surface area contributed by atoms with Gasteiger partial charge in [-0.25, -0.2) is 0 Å². The van der Waals surface area contributed by atoms with E-state index in [9.17, 15) is 9.59 Å². The topological polar surface area (TPSA) is 52.6 Å². The van der Waals surface area contributed by atoms with E-state index in [4.69, 9.17) is 27.9 Å². The highest BCUT2D eigenvalue weighted by molar-refractivity contribution is 6.25. The molecule has 1 unspecified atom stereocenters. The second kappa shape index (κ2) is 14.7. The van der Waals surface area contributed by atoms with Crippen LogP contribution in [0, 0.1) is 5.92 Å². The van der Waals surface area contributed by atoms with E-state index in [2.05, 4.69) is 48.1 Å². The van der Waals surface area contributed by atoms with Gasteiger partial charge in [0.25, 0.3) is 0 Å².